The molecule has 0 aliphatic heterocycles. The Bertz CT molecular complexity index is 606. The molecule has 0 amide bonds. The fraction of sp³-hybridized carbons (Fsp3) is 0.444. The smallest absolute Gasteiger partial charge is 0.168 e. The van der Waals surface area contributed by atoms with Crippen molar-refractivity contribution in [3.05, 3.63) is 42.1 Å². The maximum atomic E-state index is 12.8. The molecule has 20 heavy (non-hydrogen) atoms. The van der Waals surface area contributed by atoms with E-state index in [1.807, 2.05) is 30.3 Å². The minimum absolute atomic E-state index is 0.199. The van der Waals surface area contributed by atoms with E-state index in [1.54, 1.807) is 6.20 Å². The molecule has 1 aliphatic carbocycles. The number of Topliss-reactive ketones (excluding diaryl/α,β-unsaturated/α-hetero) is 1. The van der Waals surface area contributed by atoms with E-state index in [9.17, 15) is 4.79 Å². The third-order valence-corrected chi connectivity index (χ3v) is 4.69. The van der Waals surface area contributed by atoms with Gasteiger partial charge in [0.2, 0.25) is 0 Å². The lowest BCUT2D eigenvalue weighted by Crippen LogP contribution is -2.22. The molecule has 1 saturated carbocycles. The van der Waals surface area contributed by atoms with E-state index in [0.29, 0.717) is 5.78 Å². The van der Waals surface area contributed by atoms with Crippen LogP contribution in [0.1, 0.15) is 49.4 Å². The minimum atomic E-state index is 0.199. The molecular weight excluding hydrogens is 246 g/mol. The molecule has 1 aromatic carbocycles. The molecule has 1 aromatic heterocycles. The molecule has 1 fully saturated rings. The van der Waals surface area contributed by atoms with Gasteiger partial charge in [0.15, 0.2) is 5.78 Å². The number of nitrogens with zero attached hydrogens (tertiary/aromatic N) is 1. The van der Waals surface area contributed by atoms with Crippen LogP contribution in [0.25, 0.3) is 10.9 Å². The highest BCUT2D eigenvalue weighted by Gasteiger charge is 2.27. The van der Waals surface area contributed by atoms with Gasteiger partial charge < -0.3 is 0 Å². The van der Waals surface area contributed by atoms with Crippen LogP contribution in [0.2, 0.25) is 0 Å². The van der Waals surface area contributed by atoms with Crippen molar-refractivity contribution in [2.75, 3.05) is 0 Å². The van der Waals surface area contributed by atoms with Gasteiger partial charge in [-0.15, -0.1) is 0 Å². The van der Waals surface area contributed by atoms with E-state index in [4.69, 9.17) is 0 Å². The van der Waals surface area contributed by atoms with Gasteiger partial charge >= 0.3 is 0 Å². The van der Waals surface area contributed by atoms with Gasteiger partial charge in [-0.1, -0.05) is 31.5 Å². The summed E-state index contributed by atoms with van der Waals surface area (Å²) >= 11 is 0. The van der Waals surface area contributed by atoms with Gasteiger partial charge in [-0.2, -0.15) is 0 Å². The number of pyridine rings is 1. The van der Waals surface area contributed by atoms with Gasteiger partial charge in [-0.3, -0.25) is 9.78 Å². The highest BCUT2D eigenvalue weighted by atomic mass is 16.1. The number of fused-ring (bicyclic) bond motifs is 1. The summed E-state index contributed by atoms with van der Waals surface area (Å²) in [7, 11) is 0. The molecule has 104 valence electrons. The Kier molecular flexibility index (Phi) is 3.81. The third-order valence-electron chi connectivity index (χ3n) is 4.69. The average Bonchev–Trinajstić information content (AvgIpc) is 2.54. The molecule has 2 heteroatoms. The Labute approximate surface area is 120 Å². The zero-order valence-corrected chi connectivity index (χ0v) is 12.0. The lowest BCUT2D eigenvalue weighted by Gasteiger charge is -2.27. The van der Waals surface area contributed by atoms with Crippen LogP contribution in [-0.2, 0) is 0 Å². The first kappa shape index (κ1) is 13.3. The first-order valence-electron chi connectivity index (χ1n) is 7.67. The molecule has 0 unspecified atom stereocenters. The second kappa shape index (κ2) is 5.74. The van der Waals surface area contributed by atoms with Crippen LogP contribution in [0, 0.1) is 11.8 Å². The first-order chi connectivity index (χ1) is 9.79. The maximum absolute atomic E-state index is 12.8. The van der Waals surface area contributed by atoms with Crippen molar-refractivity contribution in [3.63, 3.8) is 0 Å². The number of hydrogen-bond acceptors (Lipinski definition) is 2. The lowest BCUT2D eigenvalue weighted by atomic mass is 9.77. The number of aromatic nitrogens is 1. The molecule has 2 nitrogen and oxygen atoms in total. The number of rotatable bonds is 3. The van der Waals surface area contributed by atoms with Crippen molar-refractivity contribution in [2.45, 2.75) is 39.0 Å². The summed E-state index contributed by atoms with van der Waals surface area (Å²) < 4.78 is 0. The number of carbonyl (C=O) groups is 1. The largest absolute Gasteiger partial charge is 0.294 e. The molecule has 1 aliphatic rings. The Morgan fingerprint density at radius 3 is 2.65 bits per heavy atom. The van der Waals surface area contributed by atoms with Crippen LogP contribution in [0.3, 0.4) is 0 Å². The maximum Gasteiger partial charge on any atom is 0.168 e. The molecule has 1 heterocycles. The number of hydrogen-bond donors (Lipinski definition) is 0. The quantitative estimate of drug-likeness (QED) is 0.759. The standard InChI is InChI=1S/C18H21NO/c1-2-13-8-10-15(11-9-13)18(20)16-7-3-5-14-6-4-12-19-17(14)16/h3-7,12-13,15H,2,8-11H2,1H3. The van der Waals surface area contributed by atoms with Gasteiger partial charge in [-0.25, -0.2) is 0 Å². The summed E-state index contributed by atoms with van der Waals surface area (Å²) in [5, 5.41) is 1.06. The summed E-state index contributed by atoms with van der Waals surface area (Å²) in [6, 6.07) is 9.86. The van der Waals surface area contributed by atoms with E-state index < -0.39 is 0 Å². The molecule has 2 aromatic rings. The van der Waals surface area contributed by atoms with Crippen molar-refractivity contribution in [2.24, 2.45) is 11.8 Å². The summed E-state index contributed by atoms with van der Waals surface area (Å²) in [6.07, 6.45) is 7.50. The molecule has 3 rings (SSSR count). The van der Waals surface area contributed by atoms with Crippen molar-refractivity contribution >= 4 is 16.7 Å². The van der Waals surface area contributed by atoms with Crippen LogP contribution in [0.5, 0.6) is 0 Å². The van der Waals surface area contributed by atoms with Gasteiger partial charge in [0.25, 0.3) is 0 Å². The van der Waals surface area contributed by atoms with Crippen molar-refractivity contribution in [1.29, 1.82) is 0 Å². The summed E-state index contributed by atoms with van der Waals surface area (Å²) in [5.41, 5.74) is 1.67. The fourth-order valence-corrected chi connectivity index (χ4v) is 3.36. The van der Waals surface area contributed by atoms with E-state index in [2.05, 4.69) is 11.9 Å². The second-order valence-electron chi connectivity index (χ2n) is 5.87. The second-order valence-corrected chi connectivity index (χ2v) is 5.87. The molecule has 0 bridgehead atoms. The van der Waals surface area contributed by atoms with E-state index in [0.717, 1.165) is 35.2 Å². The Balaban J connectivity index is 1.86. The van der Waals surface area contributed by atoms with Crippen LogP contribution in [-0.4, -0.2) is 10.8 Å². The van der Waals surface area contributed by atoms with Gasteiger partial charge in [0.1, 0.15) is 0 Å². The Morgan fingerprint density at radius 1 is 1.15 bits per heavy atom. The summed E-state index contributed by atoms with van der Waals surface area (Å²) in [5.74, 6) is 1.32. The predicted octanol–water partition coefficient (Wildman–Crippen LogP) is 4.63. The predicted molar refractivity (Wildman–Crippen MR) is 81.8 cm³/mol. The lowest BCUT2D eigenvalue weighted by molar-refractivity contribution is 0.0872. The molecule has 0 radical (unpaired) electrons. The zero-order valence-electron chi connectivity index (χ0n) is 12.0. The van der Waals surface area contributed by atoms with Crippen LogP contribution in [0.15, 0.2) is 36.5 Å². The third kappa shape index (κ3) is 2.47. The number of para-hydroxylation sites is 1. The highest BCUT2D eigenvalue weighted by molar-refractivity contribution is 6.07. The molecule has 0 N–H and O–H groups in total. The van der Waals surface area contributed by atoms with Gasteiger partial charge in [-0.05, 0) is 43.7 Å². The van der Waals surface area contributed by atoms with E-state index in [-0.39, 0.29) is 5.92 Å². The highest BCUT2D eigenvalue weighted by Crippen LogP contribution is 2.33. The first-order valence-corrected chi connectivity index (χ1v) is 7.67. The molecule has 0 spiro atoms. The Morgan fingerprint density at radius 2 is 1.90 bits per heavy atom. The normalized spacial score (nSPS) is 22.9. The molecule has 0 saturated heterocycles. The van der Waals surface area contributed by atoms with Crippen molar-refractivity contribution in [1.82, 2.24) is 4.98 Å². The molecular formula is C18H21NO. The monoisotopic (exact) mass is 267 g/mol. The SMILES string of the molecule is CCC1CCC(C(=O)c2cccc3cccnc23)CC1. The Hall–Kier alpha value is -1.70. The van der Waals surface area contributed by atoms with Crippen LogP contribution >= 0.6 is 0 Å². The van der Waals surface area contributed by atoms with E-state index >= 15 is 0 Å². The number of benzene rings is 1. The van der Waals surface area contributed by atoms with Crippen molar-refractivity contribution < 1.29 is 4.79 Å². The zero-order chi connectivity index (χ0) is 13.9. The number of carbonyl (C=O) groups excluding carboxylic acids is 1. The van der Waals surface area contributed by atoms with E-state index in [1.165, 1.54) is 19.3 Å². The topological polar surface area (TPSA) is 30.0 Å². The van der Waals surface area contributed by atoms with Crippen molar-refractivity contribution in [3.8, 4) is 0 Å². The van der Waals surface area contributed by atoms with Gasteiger partial charge in [0, 0.05) is 23.1 Å². The van der Waals surface area contributed by atoms with Crippen LogP contribution < -0.4 is 0 Å². The summed E-state index contributed by atoms with van der Waals surface area (Å²) in [6.45, 7) is 2.25. The van der Waals surface area contributed by atoms with Gasteiger partial charge in [0.05, 0.1) is 5.52 Å². The fourth-order valence-electron chi connectivity index (χ4n) is 3.36. The van der Waals surface area contributed by atoms with Crippen LogP contribution in [0.4, 0.5) is 0 Å². The number of ketones is 1. The molecule has 0 atom stereocenters. The summed E-state index contributed by atoms with van der Waals surface area (Å²) in [4.78, 5) is 17.2. The minimum Gasteiger partial charge on any atom is -0.294 e. The average molecular weight is 267 g/mol.